The third-order valence-corrected chi connectivity index (χ3v) is 4.36. The van der Waals surface area contributed by atoms with Crippen molar-refractivity contribution in [3.63, 3.8) is 0 Å². The van der Waals surface area contributed by atoms with E-state index in [1.165, 1.54) is 0 Å². The molecule has 0 bridgehead atoms. The van der Waals surface area contributed by atoms with Gasteiger partial charge < -0.3 is 0 Å². The molecule has 112 valence electrons. The Morgan fingerprint density at radius 1 is 1.24 bits per heavy atom. The summed E-state index contributed by atoms with van der Waals surface area (Å²) in [4.78, 5) is 38.1. The third kappa shape index (κ3) is 2.22. The zero-order chi connectivity index (χ0) is 15.0. The maximum Gasteiger partial charge on any atom is 0.331 e. The Balaban J connectivity index is 1.87. The standard InChI is InChI=1S/C14H18N4O3/c1-17-8-10(7-15-17)9-18-12(20)14(5-3-2-4-6-14)11(19)16-13(18)21/h7-8H,2-6,9H2,1H3,(H,16,19,21). The minimum absolute atomic E-state index is 0.146. The summed E-state index contributed by atoms with van der Waals surface area (Å²) in [7, 11) is 1.77. The molecule has 2 heterocycles. The van der Waals surface area contributed by atoms with Gasteiger partial charge in [-0.2, -0.15) is 5.10 Å². The number of imide groups is 2. The number of nitrogens with one attached hydrogen (secondary N) is 1. The van der Waals surface area contributed by atoms with Gasteiger partial charge in [-0.05, 0) is 12.8 Å². The normalized spacial score (nSPS) is 21.8. The predicted octanol–water partition coefficient (Wildman–Crippen LogP) is 0.949. The van der Waals surface area contributed by atoms with Crippen LogP contribution in [0.3, 0.4) is 0 Å². The molecule has 4 amide bonds. The number of aryl methyl sites for hydroxylation is 1. The van der Waals surface area contributed by atoms with Crippen LogP contribution in [0.5, 0.6) is 0 Å². The Hall–Kier alpha value is -2.18. The Kier molecular flexibility index (Phi) is 3.27. The lowest BCUT2D eigenvalue weighted by molar-refractivity contribution is -0.154. The second-order valence-corrected chi connectivity index (χ2v) is 5.82. The fourth-order valence-electron chi connectivity index (χ4n) is 3.21. The van der Waals surface area contributed by atoms with Gasteiger partial charge in [0, 0.05) is 18.8 Å². The first kappa shape index (κ1) is 13.8. The molecule has 1 aromatic heterocycles. The van der Waals surface area contributed by atoms with Crippen LogP contribution in [0, 0.1) is 5.41 Å². The van der Waals surface area contributed by atoms with Crippen molar-refractivity contribution in [3.8, 4) is 0 Å². The number of carbonyl (C=O) groups is 3. The van der Waals surface area contributed by atoms with Gasteiger partial charge in [-0.1, -0.05) is 19.3 Å². The zero-order valence-corrected chi connectivity index (χ0v) is 12.0. The molecule has 0 radical (unpaired) electrons. The van der Waals surface area contributed by atoms with Crippen molar-refractivity contribution in [2.75, 3.05) is 0 Å². The maximum atomic E-state index is 12.8. The average molecular weight is 290 g/mol. The number of amides is 4. The van der Waals surface area contributed by atoms with Crippen LogP contribution >= 0.6 is 0 Å². The summed E-state index contributed by atoms with van der Waals surface area (Å²) in [6, 6.07) is -0.634. The van der Waals surface area contributed by atoms with Crippen molar-refractivity contribution < 1.29 is 14.4 Å². The van der Waals surface area contributed by atoms with Crippen molar-refractivity contribution in [3.05, 3.63) is 18.0 Å². The smallest absolute Gasteiger partial charge is 0.277 e. The molecule has 1 aliphatic heterocycles. The number of barbiturate groups is 1. The highest BCUT2D eigenvalue weighted by molar-refractivity contribution is 6.19. The van der Waals surface area contributed by atoms with Crippen molar-refractivity contribution in [2.24, 2.45) is 12.5 Å². The number of hydrogen-bond donors (Lipinski definition) is 1. The Bertz CT molecular complexity index is 601. The average Bonchev–Trinajstić information content (AvgIpc) is 2.88. The van der Waals surface area contributed by atoms with Crippen LogP contribution in [0.15, 0.2) is 12.4 Å². The number of rotatable bonds is 2. The molecule has 1 aliphatic carbocycles. The first-order valence-electron chi connectivity index (χ1n) is 7.18. The quantitative estimate of drug-likeness (QED) is 0.822. The highest BCUT2D eigenvalue weighted by atomic mass is 16.2. The van der Waals surface area contributed by atoms with Gasteiger partial charge >= 0.3 is 6.03 Å². The van der Waals surface area contributed by atoms with E-state index in [1.54, 1.807) is 24.1 Å². The fraction of sp³-hybridized carbons (Fsp3) is 0.571. The van der Waals surface area contributed by atoms with Crippen molar-refractivity contribution in [2.45, 2.75) is 38.6 Å². The largest absolute Gasteiger partial charge is 0.331 e. The van der Waals surface area contributed by atoms with E-state index in [9.17, 15) is 14.4 Å². The third-order valence-electron chi connectivity index (χ3n) is 4.36. The number of carbonyl (C=O) groups excluding carboxylic acids is 3. The van der Waals surface area contributed by atoms with E-state index < -0.39 is 17.4 Å². The van der Waals surface area contributed by atoms with Crippen LogP contribution in [0.25, 0.3) is 0 Å². The van der Waals surface area contributed by atoms with E-state index in [0.717, 1.165) is 29.7 Å². The molecule has 1 spiro atoms. The van der Waals surface area contributed by atoms with Crippen LogP contribution in [0.1, 0.15) is 37.7 Å². The molecule has 0 atom stereocenters. The van der Waals surface area contributed by atoms with E-state index in [2.05, 4.69) is 10.4 Å². The molecule has 1 saturated heterocycles. The van der Waals surface area contributed by atoms with Gasteiger partial charge in [0.1, 0.15) is 5.41 Å². The molecule has 2 fully saturated rings. The topological polar surface area (TPSA) is 84.3 Å². The van der Waals surface area contributed by atoms with Gasteiger partial charge in [0.2, 0.25) is 11.8 Å². The minimum Gasteiger partial charge on any atom is -0.277 e. The lowest BCUT2D eigenvalue weighted by atomic mass is 9.71. The molecule has 7 heteroatoms. The fourth-order valence-corrected chi connectivity index (χ4v) is 3.21. The minimum atomic E-state index is -1.05. The molecule has 3 rings (SSSR count). The van der Waals surface area contributed by atoms with Crippen LogP contribution < -0.4 is 5.32 Å². The first-order valence-corrected chi connectivity index (χ1v) is 7.18. The molecule has 21 heavy (non-hydrogen) atoms. The van der Waals surface area contributed by atoms with Crippen LogP contribution in [-0.4, -0.2) is 32.5 Å². The molecule has 1 aromatic rings. The SMILES string of the molecule is Cn1cc(CN2C(=O)NC(=O)C3(CCCCC3)C2=O)cn1. The summed E-state index contributed by atoms with van der Waals surface area (Å²) in [5.41, 5.74) is -0.282. The molecule has 2 aliphatic rings. The van der Waals surface area contributed by atoms with Gasteiger partial charge in [0.15, 0.2) is 0 Å². The number of aromatic nitrogens is 2. The summed E-state index contributed by atoms with van der Waals surface area (Å²) in [5, 5.41) is 6.38. The second-order valence-electron chi connectivity index (χ2n) is 5.82. The van der Waals surface area contributed by atoms with Gasteiger partial charge in [-0.15, -0.1) is 0 Å². The molecular weight excluding hydrogens is 272 g/mol. The van der Waals surface area contributed by atoms with E-state index in [-0.39, 0.29) is 12.5 Å². The highest BCUT2D eigenvalue weighted by Gasteiger charge is 2.53. The van der Waals surface area contributed by atoms with Crippen LogP contribution in [0.4, 0.5) is 4.79 Å². The predicted molar refractivity (Wildman–Crippen MR) is 72.8 cm³/mol. The van der Waals surface area contributed by atoms with E-state index >= 15 is 0 Å². The van der Waals surface area contributed by atoms with Crippen molar-refractivity contribution in [1.29, 1.82) is 0 Å². The van der Waals surface area contributed by atoms with Gasteiger partial charge in [0.25, 0.3) is 0 Å². The molecule has 1 saturated carbocycles. The van der Waals surface area contributed by atoms with Crippen LogP contribution in [-0.2, 0) is 23.2 Å². The van der Waals surface area contributed by atoms with Crippen LogP contribution in [0.2, 0.25) is 0 Å². The Labute approximate surface area is 122 Å². The zero-order valence-electron chi connectivity index (χ0n) is 12.0. The lowest BCUT2D eigenvalue weighted by Gasteiger charge is -2.41. The summed E-state index contributed by atoms with van der Waals surface area (Å²) >= 11 is 0. The summed E-state index contributed by atoms with van der Waals surface area (Å²) < 4.78 is 1.61. The Morgan fingerprint density at radius 3 is 2.57 bits per heavy atom. The molecule has 0 unspecified atom stereocenters. The second kappa shape index (κ2) is 4.98. The lowest BCUT2D eigenvalue weighted by Crippen LogP contribution is -2.63. The van der Waals surface area contributed by atoms with Crippen molar-refractivity contribution >= 4 is 17.8 Å². The number of nitrogens with zero attached hydrogens (tertiary/aromatic N) is 3. The summed E-state index contributed by atoms with van der Waals surface area (Å²) in [6.07, 6.45) is 7.12. The number of urea groups is 1. The number of hydrogen-bond acceptors (Lipinski definition) is 4. The van der Waals surface area contributed by atoms with Crippen molar-refractivity contribution in [1.82, 2.24) is 20.0 Å². The highest BCUT2D eigenvalue weighted by Crippen LogP contribution is 2.40. The molecule has 7 nitrogen and oxygen atoms in total. The molecule has 1 N–H and O–H groups in total. The summed E-state index contributed by atoms with van der Waals surface area (Å²) in [5.74, 6) is -0.792. The Morgan fingerprint density at radius 2 is 1.95 bits per heavy atom. The molecule has 0 aromatic carbocycles. The van der Waals surface area contributed by atoms with E-state index in [4.69, 9.17) is 0 Å². The maximum absolute atomic E-state index is 12.8. The van der Waals surface area contributed by atoms with Gasteiger partial charge in [0.05, 0.1) is 12.7 Å². The van der Waals surface area contributed by atoms with E-state index in [0.29, 0.717) is 12.8 Å². The summed E-state index contributed by atoms with van der Waals surface area (Å²) in [6.45, 7) is 0.146. The first-order chi connectivity index (χ1) is 10.0. The van der Waals surface area contributed by atoms with Gasteiger partial charge in [-0.25, -0.2) is 4.79 Å². The molecular formula is C14H18N4O3. The monoisotopic (exact) mass is 290 g/mol. The van der Waals surface area contributed by atoms with E-state index in [1.807, 2.05) is 0 Å². The van der Waals surface area contributed by atoms with Gasteiger partial charge in [-0.3, -0.25) is 24.5 Å².